The molecule has 1 rings (SSSR count). The number of carbonyl (C=O) groups excluding carboxylic acids is 1. The third-order valence-electron chi connectivity index (χ3n) is 2.45. The van der Waals surface area contributed by atoms with E-state index in [1.807, 2.05) is 0 Å². The van der Waals surface area contributed by atoms with Crippen molar-refractivity contribution in [1.29, 1.82) is 0 Å². The summed E-state index contributed by atoms with van der Waals surface area (Å²) >= 11 is 0. The van der Waals surface area contributed by atoms with Gasteiger partial charge in [0.05, 0.1) is 0 Å². The minimum Gasteiger partial charge on any atom is -0.375 e. The summed E-state index contributed by atoms with van der Waals surface area (Å²) in [5, 5.41) is 2.83. The van der Waals surface area contributed by atoms with E-state index in [1.54, 1.807) is 0 Å². The van der Waals surface area contributed by atoms with Crippen LogP contribution in [0.4, 0.5) is 0 Å². The van der Waals surface area contributed by atoms with Crippen LogP contribution in [0.3, 0.4) is 0 Å². The minimum atomic E-state index is -0.0389. The summed E-state index contributed by atoms with van der Waals surface area (Å²) in [4.78, 5) is 11.0. The quantitative estimate of drug-likeness (QED) is 0.643. The predicted octanol–water partition coefficient (Wildman–Crippen LogP) is -0.124. The molecule has 0 spiro atoms. The molecule has 0 unspecified atom stereocenters. The van der Waals surface area contributed by atoms with Crippen LogP contribution in [-0.2, 0) is 9.53 Å². The summed E-state index contributed by atoms with van der Waals surface area (Å²) < 4.78 is 4.70. The van der Waals surface area contributed by atoms with E-state index in [0.717, 1.165) is 25.8 Å². The molecule has 4 heteroatoms. The van der Waals surface area contributed by atoms with E-state index in [1.165, 1.54) is 7.11 Å². The smallest absolute Gasteiger partial charge is 0.245 e. The van der Waals surface area contributed by atoms with E-state index in [2.05, 4.69) is 5.32 Å². The Morgan fingerprint density at radius 2 is 2.38 bits per heavy atom. The first kappa shape index (κ1) is 10.5. The zero-order valence-corrected chi connectivity index (χ0v) is 8.08. The molecule has 1 aliphatic carbocycles. The van der Waals surface area contributed by atoms with Crippen molar-refractivity contribution >= 4 is 5.91 Å². The Labute approximate surface area is 78.8 Å². The molecule has 0 aromatic heterocycles. The van der Waals surface area contributed by atoms with Gasteiger partial charge in [-0.15, -0.1) is 0 Å². The molecule has 0 aliphatic heterocycles. The first-order valence-corrected chi connectivity index (χ1v) is 4.73. The summed E-state index contributed by atoms with van der Waals surface area (Å²) in [6, 6.07) is 0.337. The van der Waals surface area contributed by atoms with E-state index in [0.29, 0.717) is 12.0 Å². The monoisotopic (exact) mass is 186 g/mol. The van der Waals surface area contributed by atoms with E-state index in [-0.39, 0.29) is 12.5 Å². The van der Waals surface area contributed by atoms with Gasteiger partial charge in [0.25, 0.3) is 0 Å². The van der Waals surface area contributed by atoms with Crippen LogP contribution in [0.5, 0.6) is 0 Å². The van der Waals surface area contributed by atoms with Gasteiger partial charge in [-0.05, 0) is 25.2 Å². The number of carbonyl (C=O) groups is 1. The lowest BCUT2D eigenvalue weighted by molar-refractivity contribution is -0.124. The lowest BCUT2D eigenvalue weighted by Gasteiger charge is -2.10. The Morgan fingerprint density at radius 3 is 2.92 bits per heavy atom. The molecular weight excluding hydrogens is 168 g/mol. The van der Waals surface area contributed by atoms with Gasteiger partial charge in [0, 0.05) is 19.7 Å². The highest BCUT2D eigenvalue weighted by molar-refractivity contribution is 5.77. The molecule has 1 saturated carbocycles. The lowest BCUT2D eigenvalue weighted by Crippen LogP contribution is -2.31. The number of nitrogens with two attached hydrogens (primary N) is 1. The fraction of sp³-hybridized carbons (Fsp3) is 0.889. The lowest BCUT2D eigenvalue weighted by atomic mass is 10.1. The van der Waals surface area contributed by atoms with Gasteiger partial charge in [-0.1, -0.05) is 0 Å². The average molecular weight is 186 g/mol. The summed E-state index contributed by atoms with van der Waals surface area (Å²) in [6.07, 6.45) is 3.26. The molecule has 0 aromatic carbocycles. The van der Waals surface area contributed by atoms with Gasteiger partial charge in [-0.2, -0.15) is 0 Å². The zero-order chi connectivity index (χ0) is 9.68. The maximum atomic E-state index is 11.0. The second kappa shape index (κ2) is 5.19. The van der Waals surface area contributed by atoms with Crippen molar-refractivity contribution in [1.82, 2.24) is 5.32 Å². The van der Waals surface area contributed by atoms with E-state index in [9.17, 15) is 4.79 Å². The molecule has 3 N–H and O–H groups in total. The molecule has 0 bridgehead atoms. The molecule has 4 nitrogen and oxygen atoms in total. The molecule has 2 atom stereocenters. The second-order valence-corrected chi connectivity index (χ2v) is 3.68. The van der Waals surface area contributed by atoms with Crippen LogP contribution in [0, 0.1) is 5.92 Å². The molecule has 1 fully saturated rings. The van der Waals surface area contributed by atoms with Gasteiger partial charge >= 0.3 is 0 Å². The SMILES string of the molecule is COCC(=O)NC[C@@H]1CC[C@H](N)C1. The molecule has 13 heavy (non-hydrogen) atoms. The molecule has 76 valence electrons. The van der Waals surface area contributed by atoms with Crippen molar-refractivity contribution in [2.75, 3.05) is 20.3 Å². The number of rotatable bonds is 4. The van der Waals surface area contributed by atoms with Gasteiger partial charge in [-0.3, -0.25) is 4.79 Å². The fourth-order valence-electron chi connectivity index (χ4n) is 1.74. The molecule has 0 aromatic rings. The number of hydrogen-bond acceptors (Lipinski definition) is 3. The molecule has 0 radical (unpaired) electrons. The Kier molecular flexibility index (Phi) is 4.18. The van der Waals surface area contributed by atoms with E-state index < -0.39 is 0 Å². The normalized spacial score (nSPS) is 27.5. The topological polar surface area (TPSA) is 64.3 Å². The Balaban J connectivity index is 2.09. The standard InChI is InChI=1S/C9H18N2O2/c1-13-6-9(12)11-5-7-2-3-8(10)4-7/h7-8H,2-6,10H2,1H3,(H,11,12)/t7-,8+/m1/s1. The number of nitrogens with one attached hydrogen (secondary N) is 1. The highest BCUT2D eigenvalue weighted by atomic mass is 16.5. The fourth-order valence-corrected chi connectivity index (χ4v) is 1.74. The first-order valence-electron chi connectivity index (χ1n) is 4.73. The van der Waals surface area contributed by atoms with Gasteiger partial charge < -0.3 is 15.8 Å². The van der Waals surface area contributed by atoms with Crippen molar-refractivity contribution in [3.8, 4) is 0 Å². The van der Waals surface area contributed by atoms with Gasteiger partial charge in [0.1, 0.15) is 6.61 Å². The van der Waals surface area contributed by atoms with Crippen molar-refractivity contribution in [2.45, 2.75) is 25.3 Å². The Morgan fingerprint density at radius 1 is 1.62 bits per heavy atom. The van der Waals surface area contributed by atoms with Gasteiger partial charge in [0.2, 0.25) is 5.91 Å². The summed E-state index contributed by atoms with van der Waals surface area (Å²) in [7, 11) is 1.52. The molecular formula is C9H18N2O2. The predicted molar refractivity (Wildman–Crippen MR) is 50.2 cm³/mol. The highest BCUT2D eigenvalue weighted by Crippen LogP contribution is 2.22. The average Bonchev–Trinajstić information content (AvgIpc) is 2.49. The van der Waals surface area contributed by atoms with Crippen LogP contribution in [0.25, 0.3) is 0 Å². The molecule has 0 saturated heterocycles. The third-order valence-corrected chi connectivity index (χ3v) is 2.45. The Hall–Kier alpha value is -0.610. The van der Waals surface area contributed by atoms with Crippen LogP contribution in [0.2, 0.25) is 0 Å². The summed E-state index contributed by atoms with van der Waals surface area (Å²) in [5.41, 5.74) is 5.75. The van der Waals surface area contributed by atoms with E-state index in [4.69, 9.17) is 10.5 Å². The number of amides is 1. The molecule has 1 amide bonds. The number of methoxy groups -OCH3 is 1. The van der Waals surface area contributed by atoms with Crippen LogP contribution in [0.15, 0.2) is 0 Å². The van der Waals surface area contributed by atoms with Gasteiger partial charge in [-0.25, -0.2) is 0 Å². The van der Waals surface area contributed by atoms with Crippen molar-refractivity contribution in [3.63, 3.8) is 0 Å². The van der Waals surface area contributed by atoms with Crippen LogP contribution >= 0.6 is 0 Å². The Bertz CT molecular complexity index is 173. The van der Waals surface area contributed by atoms with Gasteiger partial charge in [0.15, 0.2) is 0 Å². The second-order valence-electron chi connectivity index (χ2n) is 3.68. The maximum absolute atomic E-state index is 11.0. The van der Waals surface area contributed by atoms with Crippen LogP contribution < -0.4 is 11.1 Å². The number of hydrogen-bond donors (Lipinski definition) is 2. The highest BCUT2D eigenvalue weighted by Gasteiger charge is 2.21. The van der Waals surface area contributed by atoms with Crippen molar-refractivity contribution in [2.24, 2.45) is 11.7 Å². The number of ether oxygens (including phenoxy) is 1. The molecule has 1 aliphatic rings. The van der Waals surface area contributed by atoms with Crippen molar-refractivity contribution < 1.29 is 9.53 Å². The first-order chi connectivity index (χ1) is 6.22. The minimum absolute atomic E-state index is 0.0389. The van der Waals surface area contributed by atoms with Crippen LogP contribution in [-0.4, -0.2) is 32.2 Å². The summed E-state index contributed by atoms with van der Waals surface area (Å²) in [6.45, 7) is 0.897. The third kappa shape index (κ3) is 3.74. The van der Waals surface area contributed by atoms with E-state index >= 15 is 0 Å². The molecule has 0 heterocycles. The summed E-state index contributed by atoms with van der Waals surface area (Å²) in [5.74, 6) is 0.527. The zero-order valence-electron chi connectivity index (χ0n) is 8.08. The largest absolute Gasteiger partial charge is 0.375 e. The van der Waals surface area contributed by atoms with Crippen LogP contribution in [0.1, 0.15) is 19.3 Å². The van der Waals surface area contributed by atoms with Crippen molar-refractivity contribution in [3.05, 3.63) is 0 Å². The maximum Gasteiger partial charge on any atom is 0.245 e.